The van der Waals surface area contributed by atoms with Crippen LogP contribution in [0.4, 0.5) is 0 Å². The van der Waals surface area contributed by atoms with Crippen molar-refractivity contribution >= 4 is 17.8 Å². The third kappa shape index (κ3) is 6.82. The predicted molar refractivity (Wildman–Crippen MR) is 134 cm³/mol. The SMILES string of the molecule is COc1cc(/C=C/C(=O)Oc2ccc(C(=O)c3ccccc3)cc2C)ccc1OCCC(C)C. The molecule has 0 atom stereocenters. The minimum absolute atomic E-state index is 0.0768. The number of rotatable bonds is 10. The summed E-state index contributed by atoms with van der Waals surface area (Å²) in [5.41, 5.74) is 2.64. The minimum Gasteiger partial charge on any atom is -0.493 e. The van der Waals surface area contributed by atoms with Crippen molar-refractivity contribution in [1.29, 1.82) is 0 Å². The average Bonchev–Trinajstić information content (AvgIpc) is 2.84. The fraction of sp³-hybridized carbons (Fsp3) is 0.241. The van der Waals surface area contributed by atoms with E-state index in [1.54, 1.807) is 50.4 Å². The van der Waals surface area contributed by atoms with Crippen LogP contribution >= 0.6 is 0 Å². The van der Waals surface area contributed by atoms with Crippen molar-refractivity contribution in [3.63, 3.8) is 0 Å². The standard InChI is InChI=1S/C29H30O5/c1-20(2)16-17-33-26-13-10-22(19-27(26)32-4)11-15-28(30)34-25-14-12-24(18-21(25)3)29(31)23-8-6-5-7-9-23/h5-15,18-20H,16-17H2,1-4H3/b15-11+. The van der Waals surface area contributed by atoms with Crippen LogP contribution < -0.4 is 14.2 Å². The monoisotopic (exact) mass is 458 g/mol. The zero-order valence-electron chi connectivity index (χ0n) is 20.0. The maximum absolute atomic E-state index is 12.6. The van der Waals surface area contributed by atoms with E-state index in [2.05, 4.69) is 13.8 Å². The Morgan fingerprint density at radius 2 is 1.62 bits per heavy atom. The highest BCUT2D eigenvalue weighted by atomic mass is 16.5. The minimum atomic E-state index is -0.513. The first-order valence-electron chi connectivity index (χ1n) is 11.3. The number of hydrogen-bond acceptors (Lipinski definition) is 5. The van der Waals surface area contributed by atoms with Crippen molar-refractivity contribution < 1.29 is 23.8 Å². The second kappa shape index (κ2) is 11.8. The fourth-order valence-electron chi connectivity index (χ4n) is 3.28. The molecule has 0 radical (unpaired) electrons. The summed E-state index contributed by atoms with van der Waals surface area (Å²) >= 11 is 0. The summed E-state index contributed by atoms with van der Waals surface area (Å²) in [6.07, 6.45) is 3.97. The second-order valence-corrected chi connectivity index (χ2v) is 8.37. The lowest BCUT2D eigenvalue weighted by molar-refractivity contribution is -0.128. The van der Waals surface area contributed by atoms with Crippen molar-refractivity contribution in [3.05, 3.63) is 95.1 Å². The summed E-state index contributed by atoms with van der Waals surface area (Å²) in [6, 6.07) is 19.6. The first-order valence-corrected chi connectivity index (χ1v) is 11.3. The van der Waals surface area contributed by atoms with Gasteiger partial charge in [-0.25, -0.2) is 4.79 Å². The zero-order valence-corrected chi connectivity index (χ0v) is 20.0. The Balaban J connectivity index is 1.64. The van der Waals surface area contributed by atoms with E-state index in [-0.39, 0.29) is 5.78 Å². The highest BCUT2D eigenvalue weighted by molar-refractivity contribution is 6.09. The number of esters is 1. The summed E-state index contributed by atoms with van der Waals surface area (Å²) in [7, 11) is 1.58. The van der Waals surface area contributed by atoms with E-state index in [4.69, 9.17) is 14.2 Å². The zero-order chi connectivity index (χ0) is 24.5. The molecule has 0 aliphatic heterocycles. The molecular weight excluding hydrogens is 428 g/mol. The average molecular weight is 459 g/mol. The molecule has 0 amide bonds. The van der Waals surface area contributed by atoms with Crippen LogP contribution in [-0.4, -0.2) is 25.5 Å². The molecule has 0 aliphatic carbocycles. The van der Waals surface area contributed by atoms with Crippen molar-refractivity contribution in [2.45, 2.75) is 27.2 Å². The molecule has 176 valence electrons. The lowest BCUT2D eigenvalue weighted by Crippen LogP contribution is -2.06. The summed E-state index contributed by atoms with van der Waals surface area (Å²) in [5.74, 6) is 1.65. The third-order valence-corrected chi connectivity index (χ3v) is 5.24. The molecule has 5 nitrogen and oxygen atoms in total. The Hall–Kier alpha value is -3.86. The molecule has 0 heterocycles. The topological polar surface area (TPSA) is 61.8 Å². The number of aryl methyl sites for hydroxylation is 1. The van der Waals surface area contributed by atoms with Crippen LogP contribution in [0, 0.1) is 12.8 Å². The van der Waals surface area contributed by atoms with Crippen molar-refractivity contribution in [1.82, 2.24) is 0 Å². The van der Waals surface area contributed by atoms with Crippen LogP contribution in [0.1, 0.15) is 47.3 Å². The number of ether oxygens (including phenoxy) is 3. The molecule has 3 aromatic carbocycles. The van der Waals surface area contributed by atoms with Crippen LogP contribution in [0.5, 0.6) is 17.2 Å². The molecule has 0 spiro atoms. The molecule has 0 saturated carbocycles. The van der Waals surface area contributed by atoms with E-state index in [1.807, 2.05) is 36.4 Å². The number of carbonyl (C=O) groups is 2. The van der Waals surface area contributed by atoms with E-state index in [9.17, 15) is 9.59 Å². The molecule has 0 unspecified atom stereocenters. The Morgan fingerprint density at radius 3 is 2.29 bits per heavy atom. The number of methoxy groups -OCH3 is 1. The van der Waals surface area contributed by atoms with Gasteiger partial charge >= 0.3 is 5.97 Å². The van der Waals surface area contributed by atoms with Gasteiger partial charge in [0, 0.05) is 17.2 Å². The first kappa shape index (κ1) is 24.8. The molecule has 5 heteroatoms. The van der Waals surface area contributed by atoms with Crippen LogP contribution in [0.2, 0.25) is 0 Å². The van der Waals surface area contributed by atoms with Crippen molar-refractivity contribution in [3.8, 4) is 17.2 Å². The number of hydrogen-bond donors (Lipinski definition) is 0. The molecule has 3 aromatic rings. The van der Waals surface area contributed by atoms with Gasteiger partial charge < -0.3 is 14.2 Å². The van der Waals surface area contributed by atoms with Gasteiger partial charge in [0.15, 0.2) is 17.3 Å². The largest absolute Gasteiger partial charge is 0.493 e. The molecule has 0 saturated heterocycles. The van der Waals surface area contributed by atoms with Crippen LogP contribution in [0.3, 0.4) is 0 Å². The van der Waals surface area contributed by atoms with Gasteiger partial charge in [-0.3, -0.25) is 4.79 Å². The Morgan fingerprint density at radius 1 is 0.882 bits per heavy atom. The van der Waals surface area contributed by atoms with Crippen LogP contribution in [0.25, 0.3) is 6.08 Å². The number of benzene rings is 3. The van der Waals surface area contributed by atoms with E-state index >= 15 is 0 Å². The smallest absolute Gasteiger partial charge is 0.336 e. The molecule has 3 rings (SSSR count). The first-order chi connectivity index (χ1) is 16.4. The summed E-state index contributed by atoms with van der Waals surface area (Å²) in [5, 5.41) is 0. The lowest BCUT2D eigenvalue weighted by Gasteiger charge is -2.12. The molecule has 0 fully saturated rings. The van der Waals surface area contributed by atoms with Gasteiger partial charge in [-0.05, 0) is 66.8 Å². The highest BCUT2D eigenvalue weighted by Crippen LogP contribution is 2.29. The van der Waals surface area contributed by atoms with E-state index in [0.29, 0.717) is 46.5 Å². The molecule has 0 aromatic heterocycles. The summed E-state index contributed by atoms with van der Waals surface area (Å²) < 4.78 is 16.7. The van der Waals surface area contributed by atoms with Gasteiger partial charge in [-0.2, -0.15) is 0 Å². The normalized spacial score (nSPS) is 11.0. The number of carbonyl (C=O) groups excluding carboxylic acids is 2. The predicted octanol–water partition coefficient (Wildman–Crippen LogP) is 6.28. The third-order valence-electron chi connectivity index (χ3n) is 5.24. The van der Waals surface area contributed by atoms with Crippen molar-refractivity contribution in [2.75, 3.05) is 13.7 Å². The van der Waals surface area contributed by atoms with Gasteiger partial charge in [0.2, 0.25) is 0 Å². The second-order valence-electron chi connectivity index (χ2n) is 8.37. The summed E-state index contributed by atoms with van der Waals surface area (Å²) in [4.78, 5) is 25.0. The summed E-state index contributed by atoms with van der Waals surface area (Å²) in [6.45, 7) is 6.71. The van der Waals surface area contributed by atoms with E-state index < -0.39 is 5.97 Å². The quantitative estimate of drug-likeness (QED) is 0.155. The van der Waals surface area contributed by atoms with E-state index in [1.165, 1.54) is 6.08 Å². The maximum atomic E-state index is 12.6. The lowest BCUT2D eigenvalue weighted by atomic mass is 10.0. The molecule has 0 aliphatic rings. The van der Waals surface area contributed by atoms with Gasteiger partial charge in [-0.15, -0.1) is 0 Å². The van der Waals surface area contributed by atoms with Gasteiger partial charge in [-0.1, -0.05) is 50.2 Å². The fourth-order valence-corrected chi connectivity index (χ4v) is 3.28. The van der Waals surface area contributed by atoms with Crippen molar-refractivity contribution in [2.24, 2.45) is 5.92 Å². The Labute approximate surface area is 201 Å². The maximum Gasteiger partial charge on any atom is 0.336 e. The van der Waals surface area contributed by atoms with Gasteiger partial charge in [0.1, 0.15) is 5.75 Å². The molecule has 0 N–H and O–H groups in total. The van der Waals surface area contributed by atoms with Crippen LogP contribution in [0.15, 0.2) is 72.8 Å². The van der Waals surface area contributed by atoms with Crippen LogP contribution in [-0.2, 0) is 4.79 Å². The number of ketones is 1. The van der Waals surface area contributed by atoms with E-state index in [0.717, 1.165) is 12.0 Å². The highest BCUT2D eigenvalue weighted by Gasteiger charge is 2.12. The molecule has 0 bridgehead atoms. The molecular formula is C29H30O5. The molecule has 34 heavy (non-hydrogen) atoms. The van der Waals surface area contributed by atoms with Gasteiger partial charge in [0.05, 0.1) is 13.7 Å². The van der Waals surface area contributed by atoms with Gasteiger partial charge in [0.25, 0.3) is 0 Å². The Bertz CT molecular complexity index is 1160. The Kier molecular flexibility index (Phi) is 8.63.